The van der Waals surface area contributed by atoms with Crippen LogP contribution in [0.25, 0.3) is 0 Å². The van der Waals surface area contributed by atoms with Crippen molar-refractivity contribution in [3.8, 4) is 0 Å². The minimum absolute atomic E-state index is 0.164. The molecule has 0 aliphatic carbocycles. The zero-order valence-corrected chi connectivity index (χ0v) is 14.4. The standard InChI is InChI=1S/C14H25N3O3S/c1-7-9(3)10(15-12(18)20-14(4,5)6)11-16-17-13(19-11)21-8-2/h9-10H,7-8H2,1-6H3,(H,15,18)/t9?,10-/m1/s1. The second kappa shape index (κ2) is 7.68. The van der Waals surface area contributed by atoms with Crippen molar-refractivity contribution in [3.63, 3.8) is 0 Å². The molecule has 120 valence electrons. The van der Waals surface area contributed by atoms with Gasteiger partial charge in [0.15, 0.2) is 0 Å². The van der Waals surface area contributed by atoms with Gasteiger partial charge in [-0.1, -0.05) is 39.0 Å². The molecule has 0 saturated carbocycles. The third-order valence-electron chi connectivity index (χ3n) is 2.84. The first-order valence-electron chi connectivity index (χ1n) is 7.22. The topological polar surface area (TPSA) is 77.2 Å². The third-order valence-corrected chi connectivity index (χ3v) is 3.54. The molecule has 0 aliphatic heterocycles. The van der Waals surface area contributed by atoms with E-state index in [9.17, 15) is 4.79 Å². The molecule has 7 heteroatoms. The van der Waals surface area contributed by atoms with E-state index >= 15 is 0 Å². The highest BCUT2D eigenvalue weighted by Crippen LogP contribution is 2.26. The van der Waals surface area contributed by atoms with Gasteiger partial charge in [-0.3, -0.25) is 0 Å². The number of hydrogen-bond acceptors (Lipinski definition) is 6. The lowest BCUT2D eigenvalue weighted by molar-refractivity contribution is 0.0474. The highest BCUT2D eigenvalue weighted by Gasteiger charge is 2.28. The van der Waals surface area contributed by atoms with Crippen LogP contribution in [-0.4, -0.2) is 27.6 Å². The van der Waals surface area contributed by atoms with Crippen LogP contribution >= 0.6 is 11.8 Å². The molecule has 1 rings (SSSR count). The Bertz CT molecular complexity index is 457. The Morgan fingerprint density at radius 3 is 2.57 bits per heavy atom. The van der Waals surface area contributed by atoms with Crippen molar-refractivity contribution in [2.75, 3.05) is 5.75 Å². The Morgan fingerprint density at radius 2 is 2.05 bits per heavy atom. The molecule has 0 radical (unpaired) electrons. The molecule has 1 N–H and O–H groups in total. The van der Waals surface area contributed by atoms with Crippen LogP contribution in [0.4, 0.5) is 4.79 Å². The maximum Gasteiger partial charge on any atom is 0.408 e. The van der Waals surface area contributed by atoms with Gasteiger partial charge in [-0.25, -0.2) is 4.79 Å². The first-order chi connectivity index (χ1) is 9.76. The summed E-state index contributed by atoms with van der Waals surface area (Å²) in [7, 11) is 0. The van der Waals surface area contributed by atoms with Crippen LogP contribution in [0, 0.1) is 5.92 Å². The van der Waals surface area contributed by atoms with E-state index in [4.69, 9.17) is 9.15 Å². The molecule has 1 heterocycles. The van der Waals surface area contributed by atoms with Gasteiger partial charge in [0.25, 0.3) is 5.22 Å². The fraction of sp³-hybridized carbons (Fsp3) is 0.786. The molecule has 1 amide bonds. The molecule has 6 nitrogen and oxygen atoms in total. The van der Waals surface area contributed by atoms with Gasteiger partial charge in [0.05, 0.1) is 0 Å². The Morgan fingerprint density at radius 1 is 1.38 bits per heavy atom. The minimum atomic E-state index is -0.540. The summed E-state index contributed by atoms with van der Waals surface area (Å²) < 4.78 is 10.9. The quantitative estimate of drug-likeness (QED) is 0.805. The normalized spacial score (nSPS) is 14.6. The zero-order valence-electron chi connectivity index (χ0n) is 13.6. The van der Waals surface area contributed by atoms with Crippen LogP contribution in [0.3, 0.4) is 0 Å². The largest absolute Gasteiger partial charge is 0.444 e. The zero-order chi connectivity index (χ0) is 16.0. The summed E-state index contributed by atoms with van der Waals surface area (Å²) in [5.41, 5.74) is -0.540. The van der Waals surface area contributed by atoms with E-state index in [2.05, 4.69) is 15.5 Å². The third kappa shape index (κ3) is 5.95. The Kier molecular flexibility index (Phi) is 6.51. The van der Waals surface area contributed by atoms with Crippen LogP contribution in [0.15, 0.2) is 9.64 Å². The molecule has 2 atom stereocenters. The lowest BCUT2D eigenvalue weighted by atomic mass is 9.99. The van der Waals surface area contributed by atoms with Crippen LogP contribution in [0.5, 0.6) is 0 Å². The van der Waals surface area contributed by atoms with Crippen LogP contribution in [0.2, 0.25) is 0 Å². The number of ether oxygens (including phenoxy) is 1. The van der Waals surface area contributed by atoms with E-state index in [1.165, 1.54) is 11.8 Å². The van der Waals surface area contributed by atoms with Gasteiger partial charge in [0.1, 0.15) is 11.6 Å². The minimum Gasteiger partial charge on any atom is -0.444 e. The average molecular weight is 315 g/mol. The SMILES string of the molecule is CCSc1nnc([C@H](NC(=O)OC(C)(C)C)C(C)CC)o1. The summed E-state index contributed by atoms with van der Waals surface area (Å²) in [6.45, 7) is 11.6. The van der Waals surface area contributed by atoms with Gasteiger partial charge in [-0.05, 0) is 32.4 Å². The molecule has 0 aliphatic rings. The number of nitrogens with zero attached hydrogens (tertiary/aromatic N) is 2. The molecule has 0 saturated heterocycles. The lowest BCUT2D eigenvalue weighted by Gasteiger charge is -2.24. The van der Waals surface area contributed by atoms with E-state index in [0.717, 1.165) is 12.2 Å². The van der Waals surface area contributed by atoms with E-state index in [0.29, 0.717) is 11.1 Å². The number of hydrogen-bond donors (Lipinski definition) is 1. The maximum atomic E-state index is 12.0. The van der Waals surface area contributed by atoms with Crippen molar-refractivity contribution in [2.24, 2.45) is 5.92 Å². The average Bonchev–Trinajstić information content (AvgIpc) is 2.82. The summed E-state index contributed by atoms with van der Waals surface area (Å²) in [6, 6.07) is -0.344. The molecule has 21 heavy (non-hydrogen) atoms. The molecule has 1 aromatic heterocycles. The summed E-state index contributed by atoms with van der Waals surface area (Å²) in [5, 5.41) is 11.4. The molecular weight excluding hydrogens is 290 g/mol. The number of alkyl carbamates (subject to hydrolysis) is 1. The van der Waals surface area contributed by atoms with Gasteiger partial charge in [-0.15, -0.1) is 10.2 Å². The van der Waals surface area contributed by atoms with E-state index < -0.39 is 11.7 Å². The van der Waals surface area contributed by atoms with Gasteiger partial charge in [-0.2, -0.15) is 0 Å². The van der Waals surface area contributed by atoms with Gasteiger partial charge in [0.2, 0.25) is 5.89 Å². The highest BCUT2D eigenvalue weighted by molar-refractivity contribution is 7.99. The van der Waals surface area contributed by atoms with E-state index in [-0.39, 0.29) is 12.0 Å². The van der Waals surface area contributed by atoms with Crippen LogP contribution in [0.1, 0.15) is 59.9 Å². The van der Waals surface area contributed by atoms with Crippen molar-refractivity contribution in [3.05, 3.63) is 5.89 Å². The van der Waals surface area contributed by atoms with E-state index in [1.807, 2.05) is 41.5 Å². The fourth-order valence-electron chi connectivity index (χ4n) is 1.65. The number of carbonyl (C=O) groups is 1. The number of nitrogens with one attached hydrogen (secondary N) is 1. The number of amides is 1. The summed E-state index contributed by atoms with van der Waals surface area (Å²) in [5.74, 6) is 1.44. The maximum absolute atomic E-state index is 12.0. The molecule has 1 unspecified atom stereocenters. The van der Waals surface area contributed by atoms with Crippen molar-refractivity contribution >= 4 is 17.9 Å². The summed E-state index contributed by atoms with van der Waals surface area (Å²) in [4.78, 5) is 12.0. The molecule has 0 aromatic carbocycles. The summed E-state index contributed by atoms with van der Waals surface area (Å²) in [6.07, 6.45) is 0.398. The molecule has 1 aromatic rings. The van der Waals surface area contributed by atoms with Gasteiger partial charge < -0.3 is 14.5 Å². The number of aromatic nitrogens is 2. The molecular formula is C14H25N3O3S. The first kappa shape index (κ1) is 17.8. The molecule has 0 spiro atoms. The van der Waals surface area contributed by atoms with Crippen molar-refractivity contribution in [1.29, 1.82) is 0 Å². The molecule has 0 fully saturated rings. The van der Waals surface area contributed by atoms with Gasteiger partial charge >= 0.3 is 6.09 Å². The number of carbonyl (C=O) groups excluding carboxylic acids is 1. The van der Waals surface area contributed by atoms with Crippen molar-refractivity contribution < 1.29 is 13.9 Å². The van der Waals surface area contributed by atoms with Crippen molar-refractivity contribution in [2.45, 2.75) is 64.8 Å². The Hall–Kier alpha value is -1.24. The predicted molar refractivity (Wildman–Crippen MR) is 82.3 cm³/mol. The fourth-order valence-corrected chi connectivity index (χ4v) is 2.14. The lowest BCUT2D eigenvalue weighted by Crippen LogP contribution is -2.37. The van der Waals surface area contributed by atoms with Crippen LogP contribution < -0.4 is 5.32 Å². The second-order valence-electron chi connectivity index (χ2n) is 5.85. The smallest absolute Gasteiger partial charge is 0.408 e. The highest BCUT2D eigenvalue weighted by atomic mass is 32.2. The molecule has 0 bridgehead atoms. The monoisotopic (exact) mass is 315 g/mol. The van der Waals surface area contributed by atoms with Crippen LogP contribution in [-0.2, 0) is 4.74 Å². The Labute approximate surface area is 130 Å². The first-order valence-corrected chi connectivity index (χ1v) is 8.21. The number of rotatable bonds is 6. The second-order valence-corrected chi connectivity index (χ2v) is 7.06. The number of thioether (sulfide) groups is 1. The van der Waals surface area contributed by atoms with Gasteiger partial charge in [0, 0.05) is 0 Å². The van der Waals surface area contributed by atoms with E-state index in [1.54, 1.807) is 0 Å². The summed E-state index contributed by atoms with van der Waals surface area (Å²) >= 11 is 1.48. The predicted octanol–water partition coefficient (Wildman–Crippen LogP) is 3.79. The Balaban J connectivity index is 2.82. The van der Waals surface area contributed by atoms with Crippen molar-refractivity contribution in [1.82, 2.24) is 15.5 Å².